The summed E-state index contributed by atoms with van der Waals surface area (Å²) in [6, 6.07) is 0. The number of aromatic amines is 2. The Morgan fingerprint density at radius 3 is 2.38 bits per heavy atom. The van der Waals surface area contributed by atoms with E-state index in [1.54, 1.807) is 0 Å². The molecule has 6 unspecified atom stereocenters. The minimum Gasteiger partial charge on any atom is -0.384 e. The zero-order chi connectivity index (χ0) is 25.9. The summed E-state index contributed by atoms with van der Waals surface area (Å²) in [7, 11) is -16.8. The lowest BCUT2D eigenvalue weighted by Crippen LogP contribution is -2.59. The zero-order valence-electron chi connectivity index (χ0n) is 17.2. The highest BCUT2D eigenvalue weighted by Crippen LogP contribution is 2.66. The molecular formula is C12H21N5O13P3S+. The molecule has 0 radical (unpaired) electrons. The summed E-state index contributed by atoms with van der Waals surface area (Å²) in [5.74, 6) is -0.0561. The first kappa shape index (κ1) is 27.4. The lowest BCUT2D eigenvalue weighted by Gasteiger charge is -2.34. The molecule has 18 nitrogen and oxygen atoms in total. The molecule has 6 atom stereocenters. The highest BCUT2D eigenvalue weighted by Gasteiger charge is 2.63. The van der Waals surface area contributed by atoms with Crippen LogP contribution in [0.1, 0.15) is 20.1 Å². The highest BCUT2D eigenvalue weighted by molar-refractivity contribution is 7.71. The van der Waals surface area contributed by atoms with Crippen LogP contribution in [0.15, 0.2) is 6.33 Å². The number of hydrogen-bond donors (Lipinski definition) is 9. The fourth-order valence-electron chi connectivity index (χ4n) is 3.19. The monoisotopic (exact) mass is 568 g/mol. The van der Waals surface area contributed by atoms with Crippen molar-refractivity contribution >= 4 is 52.8 Å². The standard InChI is InChI=1S/C12H20N5O13P3S/c1-11(18)5(3-27-32(23,24)30-33(25,26)29-31(20,21)22)28-9(12(11,2)19)17-4-14-6-7(17)15-10(13)16-8(6)34/h4-5,9,18-19H,3H2,1-2H3,(H7,13,15,16,20,21,22,23,24,25,26,34)/p+1. The smallest absolute Gasteiger partial charge is 0.384 e. The quantitative estimate of drug-likeness (QED) is 0.107. The number of phosphoric acid groups is 3. The third kappa shape index (κ3) is 5.48. The molecule has 0 saturated carbocycles. The van der Waals surface area contributed by atoms with Crippen molar-refractivity contribution in [1.29, 1.82) is 0 Å². The van der Waals surface area contributed by atoms with Crippen molar-refractivity contribution in [3.05, 3.63) is 11.0 Å². The van der Waals surface area contributed by atoms with Gasteiger partial charge < -0.3 is 40.3 Å². The summed E-state index contributed by atoms with van der Waals surface area (Å²) in [6.07, 6.45) is -1.58. The number of fused-ring (bicyclic) bond motifs is 1. The Balaban J connectivity index is 1.84. The van der Waals surface area contributed by atoms with Gasteiger partial charge in [-0.2, -0.15) is 13.6 Å². The topological polar surface area (TPSA) is 284 Å². The molecule has 3 rings (SSSR count). The first-order valence-corrected chi connectivity index (χ1v) is 13.9. The SMILES string of the molecule is CC1(O)C(COP(=O)(O)OP(=O)(O)OP(=O)(O)O)OC([n+]2c[nH]c3c(=S)nc(N)[nH]c32)C1(C)O. The van der Waals surface area contributed by atoms with E-state index in [1.807, 2.05) is 0 Å². The molecule has 2 aromatic heterocycles. The van der Waals surface area contributed by atoms with Gasteiger partial charge in [-0.25, -0.2) is 23.2 Å². The van der Waals surface area contributed by atoms with Gasteiger partial charge in [0.25, 0.3) is 11.6 Å². The van der Waals surface area contributed by atoms with Crippen LogP contribution >= 0.6 is 35.7 Å². The van der Waals surface area contributed by atoms with E-state index in [1.165, 1.54) is 17.8 Å². The van der Waals surface area contributed by atoms with Gasteiger partial charge in [0.05, 0.1) is 6.61 Å². The number of rotatable bonds is 8. The lowest BCUT2D eigenvalue weighted by atomic mass is 9.83. The van der Waals surface area contributed by atoms with E-state index in [9.17, 15) is 33.7 Å². The molecule has 1 aliphatic heterocycles. The Bertz CT molecular complexity index is 1300. The van der Waals surface area contributed by atoms with Crippen molar-refractivity contribution in [2.24, 2.45) is 0 Å². The normalized spacial score (nSPS) is 31.4. The molecule has 3 heterocycles. The Morgan fingerprint density at radius 1 is 1.18 bits per heavy atom. The molecule has 0 aliphatic carbocycles. The van der Waals surface area contributed by atoms with E-state index in [0.717, 1.165) is 6.92 Å². The molecule has 0 spiro atoms. The number of H-pyrrole nitrogens is 2. The van der Waals surface area contributed by atoms with Gasteiger partial charge >= 0.3 is 23.5 Å². The summed E-state index contributed by atoms with van der Waals surface area (Å²) < 4.78 is 53.0. The first-order chi connectivity index (χ1) is 15.3. The Kier molecular flexibility index (Phi) is 7.07. The van der Waals surface area contributed by atoms with Gasteiger partial charge in [0, 0.05) is 0 Å². The van der Waals surface area contributed by atoms with Crippen molar-refractivity contribution < 1.29 is 65.9 Å². The maximum atomic E-state index is 12.0. The van der Waals surface area contributed by atoms with E-state index >= 15 is 0 Å². The molecule has 34 heavy (non-hydrogen) atoms. The second-order valence-corrected chi connectivity index (χ2v) is 12.3. The number of nitrogen functional groups attached to an aromatic ring is 1. The van der Waals surface area contributed by atoms with Gasteiger partial charge in [-0.05, 0) is 13.8 Å². The average molecular weight is 568 g/mol. The predicted octanol–water partition coefficient (Wildman–Crippen LogP) is -0.767. The number of nitrogens with one attached hydrogen (secondary N) is 2. The molecule has 1 saturated heterocycles. The number of ether oxygens (including phenoxy) is 1. The van der Waals surface area contributed by atoms with Crippen LogP contribution in [0.25, 0.3) is 11.2 Å². The Hall–Kier alpha value is -1.14. The van der Waals surface area contributed by atoms with Crippen molar-refractivity contribution in [3.8, 4) is 0 Å². The molecule has 0 amide bonds. The van der Waals surface area contributed by atoms with Crippen LogP contribution in [0.2, 0.25) is 0 Å². The highest BCUT2D eigenvalue weighted by atomic mass is 32.1. The summed E-state index contributed by atoms with van der Waals surface area (Å²) in [5, 5.41) is 22.0. The summed E-state index contributed by atoms with van der Waals surface area (Å²) in [4.78, 5) is 45.4. The molecule has 1 aliphatic rings. The molecule has 1 fully saturated rings. The minimum atomic E-state index is -5.74. The van der Waals surface area contributed by atoms with Crippen LogP contribution in [0.4, 0.5) is 5.95 Å². The van der Waals surface area contributed by atoms with Gasteiger partial charge in [-0.1, -0.05) is 12.2 Å². The number of anilines is 1. The predicted molar refractivity (Wildman–Crippen MR) is 111 cm³/mol. The number of phosphoric ester groups is 1. The molecule has 22 heteroatoms. The van der Waals surface area contributed by atoms with Crippen LogP contribution in [-0.2, 0) is 31.6 Å². The molecule has 2 aromatic rings. The van der Waals surface area contributed by atoms with E-state index < -0.39 is 53.6 Å². The number of aliphatic hydroxyl groups is 2. The largest absolute Gasteiger partial charge is 0.490 e. The maximum Gasteiger partial charge on any atom is 0.490 e. The fourth-order valence-corrected chi connectivity index (χ4v) is 6.46. The van der Waals surface area contributed by atoms with E-state index in [4.69, 9.17) is 32.5 Å². The van der Waals surface area contributed by atoms with Gasteiger partial charge in [-0.3, -0.25) is 9.51 Å². The molecule has 192 valence electrons. The van der Waals surface area contributed by atoms with Gasteiger partial charge in [-0.15, -0.1) is 0 Å². The van der Waals surface area contributed by atoms with Crippen LogP contribution in [0.3, 0.4) is 0 Å². The van der Waals surface area contributed by atoms with Crippen molar-refractivity contribution in [2.45, 2.75) is 37.4 Å². The van der Waals surface area contributed by atoms with Crippen molar-refractivity contribution in [2.75, 3.05) is 12.3 Å². The maximum absolute atomic E-state index is 12.0. The number of nitrogens with zero attached hydrogens (tertiary/aromatic N) is 2. The Labute approximate surface area is 194 Å². The summed E-state index contributed by atoms with van der Waals surface area (Å²) >= 11 is 5.11. The first-order valence-electron chi connectivity index (χ1n) is 8.92. The van der Waals surface area contributed by atoms with Gasteiger partial charge in [0.15, 0.2) is 16.6 Å². The molecule has 10 N–H and O–H groups in total. The minimum absolute atomic E-state index is 0.0561. The van der Waals surface area contributed by atoms with Gasteiger partial charge in [0.2, 0.25) is 11.7 Å². The Morgan fingerprint density at radius 2 is 1.79 bits per heavy atom. The third-order valence-electron chi connectivity index (χ3n) is 5.01. The molecular weight excluding hydrogens is 547 g/mol. The van der Waals surface area contributed by atoms with Crippen LogP contribution < -0.4 is 10.3 Å². The number of aromatic nitrogens is 4. The lowest BCUT2D eigenvalue weighted by molar-refractivity contribution is -0.752. The summed E-state index contributed by atoms with van der Waals surface area (Å²) in [5.41, 5.74) is 1.99. The van der Waals surface area contributed by atoms with Crippen LogP contribution in [0, 0.1) is 4.64 Å². The van der Waals surface area contributed by atoms with Crippen molar-refractivity contribution in [1.82, 2.24) is 15.0 Å². The van der Waals surface area contributed by atoms with Crippen LogP contribution in [0.5, 0.6) is 0 Å². The zero-order valence-corrected chi connectivity index (χ0v) is 20.7. The number of imidazole rings is 1. The number of hydrogen-bond acceptors (Lipinski definition) is 12. The molecule has 0 bridgehead atoms. The second-order valence-electron chi connectivity index (χ2n) is 7.49. The van der Waals surface area contributed by atoms with Gasteiger partial charge in [0.1, 0.15) is 11.7 Å². The van der Waals surface area contributed by atoms with Crippen LogP contribution in [-0.4, -0.2) is 68.7 Å². The third-order valence-corrected chi connectivity index (χ3v) is 9.11. The van der Waals surface area contributed by atoms with E-state index in [-0.39, 0.29) is 16.2 Å². The molecule has 0 aromatic carbocycles. The second kappa shape index (κ2) is 8.76. The summed E-state index contributed by atoms with van der Waals surface area (Å²) in [6.45, 7) is 1.34. The van der Waals surface area contributed by atoms with E-state index in [0.29, 0.717) is 5.52 Å². The average Bonchev–Trinajstić information content (AvgIpc) is 3.08. The fraction of sp³-hybridized carbons (Fsp3) is 0.583. The van der Waals surface area contributed by atoms with E-state index in [2.05, 4.69) is 28.1 Å². The van der Waals surface area contributed by atoms with Crippen molar-refractivity contribution in [3.63, 3.8) is 0 Å². The number of nitrogens with two attached hydrogens (primary N) is 1.